The molecule has 1 heterocycles. The average Bonchev–Trinajstić information content (AvgIpc) is 2.28. The van der Waals surface area contributed by atoms with Gasteiger partial charge in [-0.2, -0.15) is 22.0 Å². The van der Waals surface area contributed by atoms with E-state index in [1.54, 1.807) is 4.90 Å². The molecule has 0 aromatic rings. The highest BCUT2D eigenvalue weighted by atomic mass is 19.4. The molecule has 0 aromatic heterocycles. The summed E-state index contributed by atoms with van der Waals surface area (Å²) >= 11 is 0. The lowest BCUT2D eigenvalue weighted by Gasteiger charge is -2.36. The van der Waals surface area contributed by atoms with E-state index >= 15 is 0 Å². The van der Waals surface area contributed by atoms with Gasteiger partial charge in [-0.25, -0.2) is 0 Å². The number of hydrogen-bond donors (Lipinski definition) is 1. The summed E-state index contributed by atoms with van der Waals surface area (Å²) in [5.74, 6) is -7.55. The Balaban J connectivity index is 2.60. The van der Waals surface area contributed by atoms with Gasteiger partial charge in [0.2, 0.25) is 0 Å². The number of halogens is 5. The Bertz CT molecular complexity index is 300. The van der Waals surface area contributed by atoms with Gasteiger partial charge in [0, 0.05) is 32.7 Å². The molecule has 1 aliphatic rings. The lowest BCUT2D eigenvalue weighted by molar-refractivity contribution is -0.274. The van der Waals surface area contributed by atoms with Crippen LogP contribution in [-0.4, -0.2) is 72.2 Å². The Kier molecular flexibility index (Phi) is 4.49. The van der Waals surface area contributed by atoms with Crippen LogP contribution in [0.1, 0.15) is 0 Å². The molecule has 0 spiro atoms. The maximum Gasteiger partial charge on any atom is 0.463 e. The van der Waals surface area contributed by atoms with Crippen molar-refractivity contribution in [1.29, 1.82) is 0 Å². The molecule has 4 nitrogen and oxygen atoms in total. The van der Waals surface area contributed by atoms with Gasteiger partial charge < -0.3 is 10.0 Å². The van der Waals surface area contributed by atoms with Crippen LogP contribution in [0.2, 0.25) is 0 Å². The van der Waals surface area contributed by atoms with Gasteiger partial charge in [-0.3, -0.25) is 9.69 Å². The first-order valence-electron chi connectivity index (χ1n) is 5.27. The SMILES string of the molecule is O=C(N1CCN(CCO)CC1)C(F)(F)C(F)(F)F. The van der Waals surface area contributed by atoms with Crippen LogP contribution in [0, 0.1) is 0 Å². The molecule has 9 heteroatoms. The van der Waals surface area contributed by atoms with Crippen LogP contribution in [0.3, 0.4) is 0 Å². The number of alkyl halides is 5. The summed E-state index contributed by atoms with van der Waals surface area (Å²) in [4.78, 5) is 13.3. The second-order valence-corrected chi connectivity index (χ2v) is 3.93. The Labute approximate surface area is 100.0 Å². The highest BCUT2D eigenvalue weighted by Gasteiger charge is 2.64. The lowest BCUT2D eigenvalue weighted by atomic mass is 10.2. The van der Waals surface area contributed by atoms with Gasteiger partial charge in [0.25, 0.3) is 0 Å². The third-order valence-corrected chi connectivity index (χ3v) is 2.70. The zero-order valence-corrected chi connectivity index (χ0v) is 9.38. The van der Waals surface area contributed by atoms with Crippen molar-refractivity contribution in [3.05, 3.63) is 0 Å². The highest BCUT2D eigenvalue weighted by Crippen LogP contribution is 2.37. The van der Waals surface area contributed by atoms with Crippen LogP contribution in [0.4, 0.5) is 22.0 Å². The average molecular weight is 276 g/mol. The van der Waals surface area contributed by atoms with Crippen molar-refractivity contribution in [2.24, 2.45) is 0 Å². The highest BCUT2D eigenvalue weighted by molar-refractivity contribution is 5.84. The second-order valence-electron chi connectivity index (χ2n) is 3.93. The number of carbonyl (C=O) groups excluding carboxylic acids is 1. The maximum absolute atomic E-state index is 12.8. The number of rotatable bonds is 3. The van der Waals surface area contributed by atoms with E-state index in [9.17, 15) is 26.7 Å². The largest absolute Gasteiger partial charge is 0.463 e. The van der Waals surface area contributed by atoms with Crippen LogP contribution < -0.4 is 0 Å². The van der Waals surface area contributed by atoms with Gasteiger partial charge >= 0.3 is 18.0 Å². The number of aliphatic hydroxyl groups excluding tert-OH is 1. The Morgan fingerprint density at radius 2 is 1.56 bits per heavy atom. The fourth-order valence-corrected chi connectivity index (χ4v) is 1.64. The van der Waals surface area contributed by atoms with E-state index in [0.29, 0.717) is 11.4 Å². The molecule has 0 aromatic carbocycles. The molecule has 1 rings (SSSR count). The Hall–Kier alpha value is -0.960. The van der Waals surface area contributed by atoms with E-state index in [2.05, 4.69) is 0 Å². The van der Waals surface area contributed by atoms with Crippen LogP contribution in [-0.2, 0) is 4.79 Å². The minimum Gasteiger partial charge on any atom is -0.395 e. The first-order valence-corrected chi connectivity index (χ1v) is 5.27. The van der Waals surface area contributed by atoms with Crippen molar-refractivity contribution in [2.75, 3.05) is 39.3 Å². The van der Waals surface area contributed by atoms with E-state index in [4.69, 9.17) is 5.11 Å². The first kappa shape index (κ1) is 15.1. The summed E-state index contributed by atoms with van der Waals surface area (Å²) < 4.78 is 61.6. The molecule has 0 atom stereocenters. The van der Waals surface area contributed by atoms with Crippen molar-refractivity contribution in [3.63, 3.8) is 0 Å². The van der Waals surface area contributed by atoms with Crippen LogP contribution in [0.25, 0.3) is 0 Å². The van der Waals surface area contributed by atoms with Crippen LogP contribution >= 0.6 is 0 Å². The normalized spacial score (nSPS) is 19.1. The van der Waals surface area contributed by atoms with E-state index in [0.717, 1.165) is 0 Å². The topological polar surface area (TPSA) is 43.8 Å². The number of amides is 1. The van der Waals surface area contributed by atoms with E-state index in [1.807, 2.05) is 0 Å². The van der Waals surface area contributed by atoms with Crippen molar-refractivity contribution in [3.8, 4) is 0 Å². The standard InChI is InChI=1S/C9H13F5N2O2/c10-8(11,9(12,13)14)7(18)16-3-1-15(2-4-16)5-6-17/h17H,1-6H2. The number of piperazine rings is 1. The van der Waals surface area contributed by atoms with Gasteiger partial charge in [0.15, 0.2) is 0 Å². The molecular weight excluding hydrogens is 263 g/mol. The third-order valence-electron chi connectivity index (χ3n) is 2.70. The summed E-state index contributed by atoms with van der Waals surface area (Å²) in [6, 6.07) is 0. The molecular formula is C9H13F5N2O2. The quantitative estimate of drug-likeness (QED) is 0.755. The summed E-state index contributed by atoms with van der Waals surface area (Å²) in [5.41, 5.74) is 0. The lowest BCUT2D eigenvalue weighted by Crippen LogP contribution is -2.57. The number of β-amino-alcohol motifs (C(OH)–C–C–N with tert-alkyl or cyclic N) is 1. The van der Waals surface area contributed by atoms with Gasteiger partial charge in [0.05, 0.1) is 6.61 Å². The number of aliphatic hydroxyl groups is 1. The monoisotopic (exact) mass is 276 g/mol. The molecule has 18 heavy (non-hydrogen) atoms. The Morgan fingerprint density at radius 1 is 1.06 bits per heavy atom. The molecule has 106 valence electrons. The molecule has 1 aliphatic heterocycles. The molecule has 1 N–H and O–H groups in total. The van der Waals surface area contributed by atoms with Crippen molar-refractivity contribution < 1.29 is 31.9 Å². The molecule has 0 unspecified atom stereocenters. The van der Waals surface area contributed by atoms with Crippen molar-refractivity contribution in [2.45, 2.75) is 12.1 Å². The summed E-state index contributed by atoms with van der Waals surface area (Å²) in [7, 11) is 0. The Morgan fingerprint density at radius 3 is 1.94 bits per heavy atom. The predicted molar refractivity (Wildman–Crippen MR) is 51.1 cm³/mol. The van der Waals surface area contributed by atoms with E-state index in [-0.39, 0.29) is 32.8 Å². The predicted octanol–water partition coefficient (Wildman–Crippen LogP) is 0.320. The minimum atomic E-state index is -5.87. The van der Waals surface area contributed by atoms with E-state index < -0.39 is 18.0 Å². The maximum atomic E-state index is 12.8. The zero-order chi connectivity index (χ0) is 14.0. The van der Waals surface area contributed by atoms with Gasteiger partial charge in [0.1, 0.15) is 0 Å². The molecule has 1 fully saturated rings. The molecule has 0 saturated carbocycles. The molecule has 1 amide bonds. The zero-order valence-electron chi connectivity index (χ0n) is 9.38. The van der Waals surface area contributed by atoms with E-state index in [1.165, 1.54) is 0 Å². The van der Waals surface area contributed by atoms with Gasteiger partial charge in [-0.15, -0.1) is 0 Å². The third kappa shape index (κ3) is 3.08. The number of hydrogen-bond acceptors (Lipinski definition) is 3. The van der Waals surface area contributed by atoms with Gasteiger partial charge in [-0.05, 0) is 0 Å². The summed E-state index contributed by atoms with van der Waals surface area (Å²) in [6.07, 6.45) is -5.87. The minimum absolute atomic E-state index is 0.132. The fourth-order valence-electron chi connectivity index (χ4n) is 1.64. The molecule has 0 radical (unpaired) electrons. The van der Waals surface area contributed by atoms with Crippen molar-refractivity contribution >= 4 is 5.91 Å². The second kappa shape index (κ2) is 5.35. The first-order chi connectivity index (χ1) is 8.20. The summed E-state index contributed by atoms with van der Waals surface area (Å²) in [6.45, 7) is 0.0971. The van der Waals surface area contributed by atoms with Crippen molar-refractivity contribution in [1.82, 2.24) is 9.80 Å². The van der Waals surface area contributed by atoms with Gasteiger partial charge in [-0.1, -0.05) is 0 Å². The molecule has 1 saturated heterocycles. The number of carbonyl (C=O) groups is 1. The van der Waals surface area contributed by atoms with Crippen LogP contribution in [0.15, 0.2) is 0 Å². The smallest absolute Gasteiger partial charge is 0.395 e. The van der Waals surface area contributed by atoms with Crippen LogP contribution in [0.5, 0.6) is 0 Å². The fraction of sp³-hybridized carbons (Fsp3) is 0.889. The summed E-state index contributed by atoms with van der Waals surface area (Å²) in [5, 5.41) is 8.64. The molecule has 0 aliphatic carbocycles. The molecule has 0 bridgehead atoms. The number of nitrogens with zero attached hydrogens (tertiary/aromatic N) is 2.